The number of rotatable bonds is 5. The first kappa shape index (κ1) is 15.0. The molecule has 1 aliphatic carbocycles. The summed E-state index contributed by atoms with van der Waals surface area (Å²) in [4.78, 5) is 24.5. The average molecular weight is 293 g/mol. The summed E-state index contributed by atoms with van der Waals surface area (Å²) in [6.45, 7) is -0.336. The van der Waals surface area contributed by atoms with Gasteiger partial charge in [-0.25, -0.2) is 9.18 Å². The molecule has 0 fully saturated rings. The Labute approximate surface area is 121 Å². The van der Waals surface area contributed by atoms with Crippen LogP contribution in [0.4, 0.5) is 4.39 Å². The second-order valence-corrected chi connectivity index (χ2v) is 4.77. The van der Waals surface area contributed by atoms with Crippen LogP contribution in [0.1, 0.15) is 29.6 Å². The molecule has 112 valence electrons. The molecule has 1 amide bonds. The summed E-state index contributed by atoms with van der Waals surface area (Å²) in [5, 5.41) is 9.00. The standard InChI is InChI=1S/C15H16FNO4/c1-17(11-4-2-3-5-11)14(18)9-21-13-8-10(16)6-7-12(13)15(19)20/h4,6-8H,2-3,5,9H2,1H3,(H,19,20). The van der Waals surface area contributed by atoms with Crippen LogP contribution in [0.2, 0.25) is 0 Å². The van der Waals surface area contributed by atoms with E-state index in [0.717, 1.165) is 43.2 Å². The van der Waals surface area contributed by atoms with Gasteiger partial charge in [-0.1, -0.05) is 6.08 Å². The molecule has 0 bridgehead atoms. The predicted molar refractivity (Wildman–Crippen MR) is 73.6 cm³/mol. The predicted octanol–water partition coefficient (Wildman–Crippen LogP) is 2.43. The van der Waals surface area contributed by atoms with E-state index in [9.17, 15) is 14.0 Å². The van der Waals surface area contributed by atoms with Gasteiger partial charge in [-0.2, -0.15) is 0 Å². The Kier molecular flexibility index (Phi) is 4.57. The highest BCUT2D eigenvalue weighted by atomic mass is 19.1. The maximum Gasteiger partial charge on any atom is 0.339 e. The van der Waals surface area contributed by atoms with Crippen molar-refractivity contribution in [3.05, 3.63) is 41.4 Å². The van der Waals surface area contributed by atoms with Gasteiger partial charge >= 0.3 is 5.97 Å². The zero-order valence-corrected chi connectivity index (χ0v) is 11.6. The highest BCUT2D eigenvalue weighted by molar-refractivity contribution is 5.91. The van der Waals surface area contributed by atoms with E-state index >= 15 is 0 Å². The molecule has 5 nitrogen and oxygen atoms in total. The maximum absolute atomic E-state index is 13.2. The van der Waals surface area contributed by atoms with Crippen LogP contribution in [-0.2, 0) is 4.79 Å². The second-order valence-electron chi connectivity index (χ2n) is 4.77. The van der Waals surface area contributed by atoms with Crippen molar-refractivity contribution in [2.24, 2.45) is 0 Å². The monoisotopic (exact) mass is 293 g/mol. The SMILES string of the molecule is CN(C(=O)COc1cc(F)ccc1C(=O)O)C1=CCCC1. The van der Waals surface area contributed by atoms with E-state index in [-0.39, 0.29) is 23.8 Å². The Morgan fingerprint density at radius 2 is 2.19 bits per heavy atom. The van der Waals surface area contributed by atoms with Crippen LogP contribution in [0.5, 0.6) is 5.75 Å². The van der Waals surface area contributed by atoms with E-state index < -0.39 is 11.8 Å². The molecule has 21 heavy (non-hydrogen) atoms. The molecule has 1 aromatic carbocycles. The largest absolute Gasteiger partial charge is 0.483 e. The highest BCUT2D eigenvalue weighted by Gasteiger charge is 2.18. The number of amides is 1. The molecule has 0 unspecified atom stereocenters. The van der Waals surface area contributed by atoms with Crippen LogP contribution in [0.25, 0.3) is 0 Å². The number of carboxylic acids is 1. The van der Waals surface area contributed by atoms with Crippen molar-refractivity contribution < 1.29 is 23.8 Å². The van der Waals surface area contributed by atoms with E-state index in [0.29, 0.717) is 0 Å². The van der Waals surface area contributed by atoms with Gasteiger partial charge in [0.2, 0.25) is 0 Å². The molecular weight excluding hydrogens is 277 g/mol. The number of allylic oxidation sites excluding steroid dienone is 2. The first-order valence-electron chi connectivity index (χ1n) is 6.60. The number of hydrogen-bond donors (Lipinski definition) is 1. The smallest absolute Gasteiger partial charge is 0.339 e. The van der Waals surface area contributed by atoms with Gasteiger partial charge in [-0.3, -0.25) is 4.79 Å². The minimum absolute atomic E-state index is 0.148. The number of nitrogens with zero attached hydrogens (tertiary/aromatic N) is 1. The van der Waals surface area contributed by atoms with Crippen LogP contribution in [0, 0.1) is 5.82 Å². The number of carbonyl (C=O) groups excluding carboxylic acids is 1. The topological polar surface area (TPSA) is 66.8 Å². The third kappa shape index (κ3) is 3.59. The zero-order valence-electron chi connectivity index (χ0n) is 11.6. The van der Waals surface area contributed by atoms with Gasteiger partial charge in [-0.15, -0.1) is 0 Å². The lowest BCUT2D eigenvalue weighted by atomic mass is 10.2. The highest BCUT2D eigenvalue weighted by Crippen LogP contribution is 2.22. The summed E-state index contributed by atoms with van der Waals surface area (Å²) in [6, 6.07) is 3.11. The molecule has 0 aromatic heterocycles. The van der Waals surface area contributed by atoms with Crippen molar-refractivity contribution in [1.82, 2.24) is 4.90 Å². The number of ether oxygens (including phenoxy) is 1. The maximum atomic E-state index is 13.2. The van der Waals surface area contributed by atoms with Crippen LogP contribution in [-0.4, -0.2) is 35.5 Å². The normalized spacial score (nSPS) is 13.7. The van der Waals surface area contributed by atoms with Gasteiger partial charge in [0.1, 0.15) is 17.1 Å². The van der Waals surface area contributed by atoms with Crippen LogP contribution in [0.15, 0.2) is 30.0 Å². The number of carboxylic acid groups (broad SMARTS) is 1. The molecule has 6 heteroatoms. The molecule has 0 radical (unpaired) electrons. The van der Waals surface area contributed by atoms with Crippen LogP contribution < -0.4 is 4.74 Å². The fourth-order valence-electron chi connectivity index (χ4n) is 2.15. The first-order valence-corrected chi connectivity index (χ1v) is 6.60. The van der Waals surface area contributed by atoms with E-state index in [1.807, 2.05) is 6.08 Å². The average Bonchev–Trinajstić information content (AvgIpc) is 2.97. The van der Waals surface area contributed by atoms with Crippen LogP contribution >= 0.6 is 0 Å². The third-order valence-corrected chi connectivity index (χ3v) is 3.35. The number of hydrogen-bond acceptors (Lipinski definition) is 3. The van der Waals surface area contributed by atoms with Crippen molar-refractivity contribution in [3.63, 3.8) is 0 Å². The van der Waals surface area contributed by atoms with Gasteiger partial charge in [0, 0.05) is 18.8 Å². The minimum Gasteiger partial charge on any atom is -0.483 e. The lowest BCUT2D eigenvalue weighted by Crippen LogP contribution is -2.30. The molecule has 0 atom stereocenters. The fraction of sp³-hybridized carbons (Fsp3) is 0.333. The van der Waals surface area contributed by atoms with E-state index in [1.54, 1.807) is 7.05 Å². The van der Waals surface area contributed by atoms with E-state index in [1.165, 1.54) is 4.90 Å². The summed E-state index contributed by atoms with van der Waals surface area (Å²) < 4.78 is 18.3. The fourth-order valence-corrected chi connectivity index (χ4v) is 2.15. The molecular formula is C15H16FNO4. The van der Waals surface area contributed by atoms with Crippen molar-refractivity contribution >= 4 is 11.9 Å². The van der Waals surface area contributed by atoms with Crippen molar-refractivity contribution in [3.8, 4) is 5.75 Å². The van der Waals surface area contributed by atoms with Gasteiger partial charge in [-0.05, 0) is 31.4 Å². The molecule has 0 spiro atoms. The Morgan fingerprint density at radius 1 is 1.43 bits per heavy atom. The molecule has 0 heterocycles. The van der Waals surface area contributed by atoms with Crippen molar-refractivity contribution in [2.45, 2.75) is 19.3 Å². The minimum atomic E-state index is -1.23. The Balaban J connectivity index is 2.04. The summed E-state index contributed by atoms with van der Waals surface area (Å²) in [5.41, 5.74) is 0.758. The molecule has 1 N–H and O–H groups in total. The van der Waals surface area contributed by atoms with E-state index in [4.69, 9.17) is 9.84 Å². The number of carbonyl (C=O) groups is 2. The summed E-state index contributed by atoms with van der Waals surface area (Å²) in [6.07, 6.45) is 4.78. The van der Waals surface area contributed by atoms with Crippen LogP contribution in [0.3, 0.4) is 0 Å². The zero-order chi connectivity index (χ0) is 15.4. The quantitative estimate of drug-likeness (QED) is 0.905. The van der Waals surface area contributed by atoms with Gasteiger partial charge in [0.05, 0.1) is 0 Å². The van der Waals surface area contributed by atoms with Gasteiger partial charge in [0.25, 0.3) is 5.91 Å². The second kappa shape index (κ2) is 6.39. The molecule has 0 aliphatic heterocycles. The summed E-state index contributed by atoms with van der Waals surface area (Å²) >= 11 is 0. The molecule has 2 rings (SSSR count). The van der Waals surface area contributed by atoms with Crippen molar-refractivity contribution in [1.29, 1.82) is 0 Å². The number of halogens is 1. The van der Waals surface area contributed by atoms with E-state index in [2.05, 4.69) is 0 Å². The molecule has 1 aliphatic rings. The number of likely N-dealkylation sites (N-methyl/N-ethyl adjacent to an activating group) is 1. The Hall–Kier alpha value is -2.37. The number of benzene rings is 1. The Bertz CT molecular complexity index is 597. The lowest BCUT2D eigenvalue weighted by molar-refractivity contribution is -0.130. The molecule has 1 aromatic rings. The van der Waals surface area contributed by atoms with Gasteiger partial charge in [0.15, 0.2) is 6.61 Å². The third-order valence-electron chi connectivity index (χ3n) is 3.35. The lowest BCUT2D eigenvalue weighted by Gasteiger charge is -2.19. The first-order chi connectivity index (χ1) is 9.99. The molecule has 0 saturated heterocycles. The Morgan fingerprint density at radius 3 is 2.81 bits per heavy atom. The number of aromatic carboxylic acids is 1. The summed E-state index contributed by atoms with van der Waals surface area (Å²) in [5.74, 6) is -2.30. The van der Waals surface area contributed by atoms with Gasteiger partial charge < -0.3 is 14.7 Å². The molecule has 0 saturated carbocycles. The van der Waals surface area contributed by atoms with Crippen molar-refractivity contribution in [2.75, 3.05) is 13.7 Å². The summed E-state index contributed by atoms with van der Waals surface area (Å²) in [7, 11) is 1.65.